The van der Waals surface area contributed by atoms with E-state index < -0.39 is 18.0 Å². The number of hydrogen-bond donors (Lipinski definition) is 2. The van der Waals surface area contributed by atoms with Crippen LogP contribution in [0.25, 0.3) is 0 Å². The quantitative estimate of drug-likeness (QED) is 0.784. The molecule has 1 aliphatic heterocycles. The lowest BCUT2D eigenvalue weighted by atomic mass is 10.0. The number of carbonyl (C=O) groups excluding carboxylic acids is 3. The molecule has 1 atom stereocenters. The standard InChI is InChI=1S/C15H18BrN3O3/c1-9(2)6-12-14(21)19(15(22)18-12)8-13(20)17-11-5-3-4-10(16)7-11/h3-5,7,9,12H,6,8H2,1-2H3,(H,17,20)(H,18,22)/t12-/m0/s1. The van der Waals surface area contributed by atoms with Gasteiger partial charge < -0.3 is 10.6 Å². The van der Waals surface area contributed by atoms with Crippen LogP contribution < -0.4 is 10.6 Å². The summed E-state index contributed by atoms with van der Waals surface area (Å²) >= 11 is 3.31. The number of imide groups is 1. The molecular formula is C15H18BrN3O3. The molecule has 1 aromatic carbocycles. The van der Waals surface area contributed by atoms with E-state index in [1.165, 1.54) is 0 Å². The smallest absolute Gasteiger partial charge is 0.325 e. The van der Waals surface area contributed by atoms with E-state index >= 15 is 0 Å². The van der Waals surface area contributed by atoms with Crippen molar-refractivity contribution in [3.63, 3.8) is 0 Å². The first-order chi connectivity index (χ1) is 10.4. The van der Waals surface area contributed by atoms with Crippen LogP contribution in [0.4, 0.5) is 10.5 Å². The fourth-order valence-corrected chi connectivity index (χ4v) is 2.67. The first-order valence-electron chi connectivity index (χ1n) is 7.04. The van der Waals surface area contributed by atoms with E-state index in [2.05, 4.69) is 26.6 Å². The molecular weight excluding hydrogens is 350 g/mol. The second-order valence-electron chi connectivity index (χ2n) is 5.61. The minimum Gasteiger partial charge on any atom is -0.326 e. The van der Waals surface area contributed by atoms with Gasteiger partial charge in [-0.3, -0.25) is 14.5 Å². The number of urea groups is 1. The van der Waals surface area contributed by atoms with Crippen LogP contribution in [0.3, 0.4) is 0 Å². The zero-order valence-electron chi connectivity index (χ0n) is 12.4. The molecule has 1 aromatic rings. The first-order valence-corrected chi connectivity index (χ1v) is 7.83. The summed E-state index contributed by atoms with van der Waals surface area (Å²) in [6.45, 7) is 3.66. The molecule has 0 unspecified atom stereocenters. The fourth-order valence-electron chi connectivity index (χ4n) is 2.27. The maximum Gasteiger partial charge on any atom is 0.325 e. The number of carbonyl (C=O) groups is 3. The molecule has 0 saturated carbocycles. The predicted octanol–water partition coefficient (Wildman–Crippen LogP) is 2.35. The molecule has 0 spiro atoms. The van der Waals surface area contributed by atoms with Gasteiger partial charge in [-0.1, -0.05) is 35.8 Å². The van der Waals surface area contributed by atoms with Gasteiger partial charge in [0.05, 0.1) is 0 Å². The Morgan fingerprint density at radius 3 is 2.77 bits per heavy atom. The van der Waals surface area contributed by atoms with Crippen molar-refractivity contribution in [2.75, 3.05) is 11.9 Å². The molecule has 4 amide bonds. The van der Waals surface area contributed by atoms with E-state index in [-0.39, 0.29) is 18.4 Å². The third kappa shape index (κ3) is 4.07. The molecule has 6 nitrogen and oxygen atoms in total. The van der Waals surface area contributed by atoms with E-state index in [9.17, 15) is 14.4 Å². The Kier molecular flexibility index (Phi) is 5.18. The van der Waals surface area contributed by atoms with Crippen LogP contribution in [-0.2, 0) is 9.59 Å². The lowest BCUT2D eigenvalue weighted by molar-refractivity contribution is -0.131. The summed E-state index contributed by atoms with van der Waals surface area (Å²) in [5.41, 5.74) is 0.602. The summed E-state index contributed by atoms with van der Waals surface area (Å²) in [4.78, 5) is 36.9. The van der Waals surface area contributed by atoms with Gasteiger partial charge in [0, 0.05) is 10.2 Å². The Balaban J connectivity index is 1.96. The van der Waals surface area contributed by atoms with Gasteiger partial charge in [-0.25, -0.2) is 4.79 Å². The van der Waals surface area contributed by atoms with Gasteiger partial charge >= 0.3 is 6.03 Å². The predicted molar refractivity (Wildman–Crippen MR) is 86.3 cm³/mol. The Labute approximate surface area is 137 Å². The lowest BCUT2D eigenvalue weighted by Crippen LogP contribution is -2.38. The fraction of sp³-hybridized carbons (Fsp3) is 0.400. The summed E-state index contributed by atoms with van der Waals surface area (Å²) in [6, 6.07) is 6.04. The Bertz CT molecular complexity index is 603. The molecule has 22 heavy (non-hydrogen) atoms. The van der Waals surface area contributed by atoms with Crippen molar-refractivity contribution in [3.05, 3.63) is 28.7 Å². The zero-order chi connectivity index (χ0) is 16.3. The SMILES string of the molecule is CC(C)C[C@@H]1NC(=O)N(CC(=O)Nc2cccc(Br)c2)C1=O. The van der Waals surface area contributed by atoms with Gasteiger partial charge in [0.25, 0.3) is 5.91 Å². The van der Waals surface area contributed by atoms with E-state index in [1.807, 2.05) is 19.9 Å². The third-order valence-corrected chi connectivity index (χ3v) is 3.72. The highest BCUT2D eigenvalue weighted by Crippen LogP contribution is 2.17. The number of rotatable bonds is 5. The largest absolute Gasteiger partial charge is 0.326 e. The highest BCUT2D eigenvalue weighted by atomic mass is 79.9. The van der Waals surface area contributed by atoms with Crippen molar-refractivity contribution in [1.82, 2.24) is 10.2 Å². The van der Waals surface area contributed by atoms with Crippen molar-refractivity contribution in [2.45, 2.75) is 26.3 Å². The van der Waals surface area contributed by atoms with Gasteiger partial charge in [-0.2, -0.15) is 0 Å². The molecule has 1 heterocycles. The molecule has 1 saturated heterocycles. The van der Waals surface area contributed by atoms with Crippen molar-refractivity contribution in [2.24, 2.45) is 5.92 Å². The third-order valence-electron chi connectivity index (χ3n) is 3.22. The number of nitrogens with one attached hydrogen (secondary N) is 2. The van der Waals surface area contributed by atoms with E-state index in [4.69, 9.17) is 0 Å². The molecule has 118 valence electrons. The van der Waals surface area contributed by atoms with Gasteiger partial charge in [-0.15, -0.1) is 0 Å². The van der Waals surface area contributed by atoms with Gasteiger partial charge in [0.15, 0.2) is 0 Å². The topological polar surface area (TPSA) is 78.5 Å². The second kappa shape index (κ2) is 6.91. The van der Waals surface area contributed by atoms with E-state index in [1.54, 1.807) is 18.2 Å². The zero-order valence-corrected chi connectivity index (χ0v) is 14.0. The second-order valence-corrected chi connectivity index (χ2v) is 6.53. The number of halogens is 1. The maximum absolute atomic E-state index is 12.1. The Morgan fingerprint density at radius 2 is 2.14 bits per heavy atom. The van der Waals surface area contributed by atoms with E-state index in [0.717, 1.165) is 9.37 Å². The van der Waals surface area contributed by atoms with Crippen LogP contribution in [0.15, 0.2) is 28.7 Å². The monoisotopic (exact) mass is 367 g/mol. The normalized spacial score (nSPS) is 17.8. The summed E-state index contributed by atoms with van der Waals surface area (Å²) in [5, 5.41) is 5.28. The van der Waals surface area contributed by atoms with Crippen LogP contribution in [-0.4, -0.2) is 35.3 Å². The van der Waals surface area contributed by atoms with Gasteiger partial charge in [0.1, 0.15) is 12.6 Å². The number of hydrogen-bond acceptors (Lipinski definition) is 3. The average Bonchev–Trinajstić information content (AvgIpc) is 2.66. The maximum atomic E-state index is 12.1. The molecule has 2 rings (SSSR count). The molecule has 7 heteroatoms. The Morgan fingerprint density at radius 1 is 1.41 bits per heavy atom. The molecule has 0 radical (unpaired) electrons. The summed E-state index contributed by atoms with van der Waals surface area (Å²) in [5.74, 6) is -0.473. The summed E-state index contributed by atoms with van der Waals surface area (Å²) in [6.07, 6.45) is 0.564. The summed E-state index contributed by atoms with van der Waals surface area (Å²) < 4.78 is 0.831. The van der Waals surface area contributed by atoms with Crippen molar-refractivity contribution < 1.29 is 14.4 Å². The number of amides is 4. The van der Waals surface area contributed by atoms with Crippen LogP contribution in [0.2, 0.25) is 0 Å². The molecule has 0 aliphatic carbocycles. The first kappa shape index (κ1) is 16.5. The number of nitrogens with zero attached hydrogens (tertiary/aromatic N) is 1. The molecule has 0 bridgehead atoms. The highest BCUT2D eigenvalue weighted by Gasteiger charge is 2.38. The Hall–Kier alpha value is -1.89. The molecule has 1 aliphatic rings. The van der Waals surface area contributed by atoms with Gasteiger partial charge in [-0.05, 0) is 30.5 Å². The van der Waals surface area contributed by atoms with Crippen molar-refractivity contribution in [3.8, 4) is 0 Å². The van der Waals surface area contributed by atoms with Crippen LogP contribution in [0.5, 0.6) is 0 Å². The number of anilines is 1. The molecule has 1 fully saturated rings. The average molecular weight is 368 g/mol. The van der Waals surface area contributed by atoms with Crippen LogP contribution >= 0.6 is 15.9 Å². The highest BCUT2D eigenvalue weighted by molar-refractivity contribution is 9.10. The molecule has 0 aromatic heterocycles. The van der Waals surface area contributed by atoms with E-state index in [0.29, 0.717) is 12.1 Å². The van der Waals surface area contributed by atoms with Crippen LogP contribution in [0, 0.1) is 5.92 Å². The lowest BCUT2D eigenvalue weighted by Gasteiger charge is -2.13. The van der Waals surface area contributed by atoms with Crippen molar-refractivity contribution >= 4 is 39.5 Å². The van der Waals surface area contributed by atoms with Gasteiger partial charge in [0.2, 0.25) is 5.91 Å². The summed E-state index contributed by atoms with van der Waals surface area (Å²) in [7, 11) is 0. The minimum atomic E-state index is -0.536. The van der Waals surface area contributed by atoms with Crippen LogP contribution in [0.1, 0.15) is 20.3 Å². The minimum absolute atomic E-state index is 0.282. The number of benzene rings is 1. The molecule has 2 N–H and O–H groups in total. The van der Waals surface area contributed by atoms with Crippen molar-refractivity contribution in [1.29, 1.82) is 0 Å².